The zero-order chi connectivity index (χ0) is 34.2. The van der Waals surface area contributed by atoms with Gasteiger partial charge in [-0.3, -0.25) is 0 Å². The number of rotatable bonds is 33. The summed E-state index contributed by atoms with van der Waals surface area (Å²) in [7, 11) is 6.83. The third kappa shape index (κ3) is 30.4. The summed E-state index contributed by atoms with van der Waals surface area (Å²) in [6, 6.07) is 0. The van der Waals surface area contributed by atoms with E-state index >= 15 is 0 Å². The number of ether oxygens (including phenoxy) is 2. The molecule has 1 saturated heterocycles. The molecule has 1 heterocycles. The zero-order valence-electron chi connectivity index (χ0n) is 32.8. The third-order valence-electron chi connectivity index (χ3n) is 9.55. The number of nitrogens with zero attached hydrogens (tertiary/aromatic N) is 1. The molecule has 0 aromatic rings. The number of halogens is 1. The van der Waals surface area contributed by atoms with Gasteiger partial charge in [-0.05, 0) is 77.0 Å². The first-order chi connectivity index (χ1) is 22.9. The number of hydrogen-bond donors (Lipinski definition) is 0. The Labute approximate surface area is 318 Å². The van der Waals surface area contributed by atoms with Crippen molar-refractivity contribution in [3.8, 4) is 0 Å². The van der Waals surface area contributed by atoms with E-state index in [4.69, 9.17) is 9.47 Å². The minimum absolute atomic E-state index is 0. The van der Waals surface area contributed by atoms with E-state index in [9.17, 15) is 0 Å². The Hall–Kier alpha value is -0.430. The Morgan fingerprint density at radius 1 is 0.521 bits per heavy atom. The molecule has 0 amide bonds. The van der Waals surface area contributed by atoms with Crippen LogP contribution in [0.2, 0.25) is 0 Å². The molecule has 282 valence electrons. The van der Waals surface area contributed by atoms with Crippen molar-refractivity contribution in [2.75, 3.05) is 34.3 Å². The van der Waals surface area contributed by atoms with Crippen LogP contribution in [0.15, 0.2) is 48.6 Å². The first-order valence-corrected chi connectivity index (χ1v) is 20.6. The monoisotopic (exact) mass is 784 g/mol. The lowest BCUT2D eigenvalue weighted by atomic mass is 9.98. The molecule has 1 aliphatic rings. The Kier molecular flexibility index (Phi) is 33.4. The number of unbranched alkanes of at least 4 members (excludes halogenated alkanes) is 18. The van der Waals surface area contributed by atoms with E-state index in [0.717, 1.165) is 49.7 Å². The molecule has 1 unspecified atom stereocenters. The van der Waals surface area contributed by atoms with Crippen molar-refractivity contribution in [1.29, 1.82) is 0 Å². The Bertz CT molecular complexity index is 748. The van der Waals surface area contributed by atoms with E-state index in [-0.39, 0.29) is 35.9 Å². The Morgan fingerprint density at radius 3 is 1.29 bits per heavy atom. The number of allylic oxidation sites excluding steroid dienone is 8. The topological polar surface area (TPSA) is 18.5 Å². The standard InChI is InChI=1S/C44H82NO2.HI/c1-6-8-10-12-14-16-18-20-22-24-26-28-30-32-34-36-39-44(46-42-43(47-44)38-41-45(3,4)5)40-37-35-33-31-29-27-25-23-21-19-17-15-13-11-9-7-2;/h14-17,20-23,43H,6-13,18-19,24-42H2,1-5H3;1H/q+1;/p-1. The second-order valence-corrected chi connectivity index (χ2v) is 15.4. The van der Waals surface area contributed by atoms with Crippen molar-refractivity contribution in [2.24, 2.45) is 0 Å². The fraction of sp³-hybridized carbons (Fsp3) is 0.818. The highest BCUT2D eigenvalue weighted by Crippen LogP contribution is 2.35. The average Bonchev–Trinajstić information content (AvgIpc) is 3.46. The van der Waals surface area contributed by atoms with Gasteiger partial charge < -0.3 is 37.9 Å². The van der Waals surface area contributed by atoms with Crippen LogP contribution in [0.25, 0.3) is 0 Å². The van der Waals surface area contributed by atoms with Gasteiger partial charge in [0.15, 0.2) is 5.79 Å². The summed E-state index contributed by atoms with van der Waals surface area (Å²) in [5, 5.41) is 0. The van der Waals surface area contributed by atoms with E-state index in [0.29, 0.717) is 0 Å². The maximum absolute atomic E-state index is 6.74. The van der Waals surface area contributed by atoms with Crippen molar-refractivity contribution in [1.82, 2.24) is 0 Å². The van der Waals surface area contributed by atoms with Crippen molar-refractivity contribution in [2.45, 2.75) is 199 Å². The molecule has 3 nitrogen and oxygen atoms in total. The van der Waals surface area contributed by atoms with Crippen LogP contribution in [-0.2, 0) is 9.47 Å². The predicted molar refractivity (Wildman–Crippen MR) is 209 cm³/mol. The number of hydrogen-bond acceptors (Lipinski definition) is 2. The molecule has 0 aromatic carbocycles. The molecule has 0 radical (unpaired) electrons. The Balaban J connectivity index is 0.0000221. The molecule has 1 atom stereocenters. The molecule has 1 rings (SSSR count). The maximum atomic E-state index is 6.74. The molecule has 0 spiro atoms. The molecule has 0 saturated carbocycles. The largest absolute Gasteiger partial charge is 1.00 e. The van der Waals surface area contributed by atoms with Gasteiger partial charge in [-0.1, -0.05) is 140 Å². The third-order valence-corrected chi connectivity index (χ3v) is 9.55. The molecule has 0 aliphatic carbocycles. The van der Waals surface area contributed by atoms with Crippen LogP contribution in [0.5, 0.6) is 0 Å². The molecule has 0 N–H and O–H groups in total. The molecule has 48 heavy (non-hydrogen) atoms. The van der Waals surface area contributed by atoms with Crippen molar-refractivity contribution in [3.05, 3.63) is 48.6 Å². The van der Waals surface area contributed by atoms with Crippen molar-refractivity contribution in [3.63, 3.8) is 0 Å². The SMILES string of the molecule is CCCCCC=CCC=CCCCCCCCCC1(CCCCCCCCC=CCC=CCCCCC)OCC(CC[N+](C)(C)C)O1.[I-]. The van der Waals surface area contributed by atoms with E-state index in [1.807, 2.05) is 0 Å². The molecule has 4 heteroatoms. The van der Waals surface area contributed by atoms with Crippen LogP contribution in [0.4, 0.5) is 0 Å². The highest BCUT2D eigenvalue weighted by atomic mass is 127. The maximum Gasteiger partial charge on any atom is 0.168 e. The van der Waals surface area contributed by atoms with Gasteiger partial charge >= 0.3 is 0 Å². The first kappa shape index (κ1) is 47.6. The highest BCUT2D eigenvalue weighted by Gasteiger charge is 2.40. The van der Waals surface area contributed by atoms with Crippen LogP contribution < -0.4 is 24.0 Å². The molecule has 0 aromatic heterocycles. The summed E-state index contributed by atoms with van der Waals surface area (Å²) in [6.07, 6.45) is 53.4. The lowest BCUT2D eigenvalue weighted by molar-refractivity contribution is -0.870. The average molecular weight is 784 g/mol. The van der Waals surface area contributed by atoms with Crippen molar-refractivity contribution < 1.29 is 37.9 Å². The molecule has 0 bridgehead atoms. The van der Waals surface area contributed by atoms with Crippen LogP contribution >= 0.6 is 0 Å². The normalized spacial score (nSPS) is 18.7. The summed E-state index contributed by atoms with van der Waals surface area (Å²) >= 11 is 0. The molecule has 1 aliphatic heterocycles. The van der Waals surface area contributed by atoms with Gasteiger partial charge in [0.1, 0.15) is 0 Å². The first-order valence-electron chi connectivity index (χ1n) is 20.6. The lowest BCUT2D eigenvalue weighted by Crippen LogP contribution is -3.00. The zero-order valence-corrected chi connectivity index (χ0v) is 35.0. The van der Waals surface area contributed by atoms with Gasteiger partial charge in [0.05, 0.1) is 40.4 Å². The fourth-order valence-electron chi connectivity index (χ4n) is 6.44. The number of quaternary nitrogens is 1. The quantitative estimate of drug-likeness (QED) is 0.0286. The second kappa shape index (κ2) is 33.7. The van der Waals surface area contributed by atoms with Crippen LogP contribution in [0, 0.1) is 0 Å². The van der Waals surface area contributed by atoms with Crippen LogP contribution in [0.1, 0.15) is 187 Å². The lowest BCUT2D eigenvalue weighted by Gasteiger charge is -2.29. The summed E-state index contributed by atoms with van der Waals surface area (Å²) < 4.78 is 14.2. The van der Waals surface area contributed by atoms with Crippen molar-refractivity contribution >= 4 is 0 Å². The summed E-state index contributed by atoms with van der Waals surface area (Å²) in [4.78, 5) is 0. The van der Waals surface area contributed by atoms with Gasteiger partial charge in [-0.25, -0.2) is 0 Å². The molecular weight excluding hydrogens is 701 g/mol. The fourth-order valence-corrected chi connectivity index (χ4v) is 6.44. The van der Waals surface area contributed by atoms with Crippen LogP contribution in [0.3, 0.4) is 0 Å². The van der Waals surface area contributed by atoms with Gasteiger partial charge in [0, 0.05) is 19.3 Å². The van der Waals surface area contributed by atoms with Gasteiger partial charge in [0.2, 0.25) is 0 Å². The van der Waals surface area contributed by atoms with E-state index < -0.39 is 0 Å². The molecular formula is C44H82INO2. The summed E-state index contributed by atoms with van der Waals surface area (Å²) in [5.74, 6) is -0.319. The van der Waals surface area contributed by atoms with Crippen LogP contribution in [-0.4, -0.2) is 50.7 Å². The minimum Gasteiger partial charge on any atom is -1.00 e. The highest BCUT2D eigenvalue weighted by molar-refractivity contribution is 4.93. The summed E-state index contributed by atoms with van der Waals surface area (Å²) in [6.45, 7) is 6.46. The van der Waals surface area contributed by atoms with E-state index in [1.165, 1.54) is 141 Å². The van der Waals surface area contributed by atoms with Gasteiger partial charge in [-0.15, -0.1) is 0 Å². The molecule has 1 fully saturated rings. The Morgan fingerprint density at radius 2 is 0.896 bits per heavy atom. The predicted octanol–water partition coefficient (Wildman–Crippen LogP) is 10.6. The minimum atomic E-state index is -0.319. The van der Waals surface area contributed by atoms with E-state index in [1.54, 1.807) is 0 Å². The van der Waals surface area contributed by atoms with Gasteiger partial charge in [0.25, 0.3) is 0 Å². The van der Waals surface area contributed by atoms with E-state index in [2.05, 4.69) is 83.6 Å². The smallest absolute Gasteiger partial charge is 0.168 e. The van der Waals surface area contributed by atoms with Gasteiger partial charge in [-0.2, -0.15) is 0 Å². The second-order valence-electron chi connectivity index (χ2n) is 15.4. The summed E-state index contributed by atoms with van der Waals surface area (Å²) in [5.41, 5.74) is 0.